The Hall–Kier alpha value is -1.66. The van der Waals surface area contributed by atoms with Gasteiger partial charge in [-0.1, -0.05) is 0 Å². The highest BCUT2D eigenvalue weighted by molar-refractivity contribution is 5.94. The molecular formula is C12H19N5O. The summed E-state index contributed by atoms with van der Waals surface area (Å²) in [6.45, 7) is 2.01. The Labute approximate surface area is 107 Å². The van der Waals surface area contributed by atoms with Crippen LogP contribution in [0.1, 0.15) is 23.2 Å². The van der Waals surface area contributed by atoms with Gasteiger partial charge in [-0.2, -0.15) is 0 Å². The minimum absolute atomic E-state index is 0.0774. The molecule has 1 aliphatic rings. The van der Waals surface area contributed by atoms with Crippen LogP contribution in [0.25, 0.3) is 0 Å². The molecule has 1 amide bonds. The molecule has 0 bridgehead atoms. The summed E-state index contributed by atoms with van der Waals surface area (Å²) < 4.78 is 0. The van der Waals surface area contributed by atoms with Crippen molar-refractivity contribution in [2.45, 2.75) is 18.9 Å². The second-order valence-corrected chi connectivity index (χ2v) is 4.65. The highest BCUT2D eigenvalue weighted by Crippen LogP contribution is 2.09. The third-order valence-corrected chi connectivity index (χ3v) is 3.13. The number of hydrazine groups is 1. The van der Waals surface area contributed by atoms with Crippen molar-refractivity contribution in [1.82, 2.24) is 15.2 Å². The Morgan fingerprint density at radius 3 is 3.00 bits per heavy atom. The molecule has 1 unspecified atom stereocenters. The Morgan fingerprint density at radius 2 is 2.39 bits per heavy atom. The van der Waals surface area contributed by atoms with Crippen LogP contribution in [0.4, 0.5) is 5.82 Å². The summed E-state index contributed by atoms with van der Waals surface area (Å²) >= 11 is 0. The molecule has 98 valence electrons. The predicted molar refractivity (Wildman–Crippen MR) is 70.0 cm³/mol. The lowest BCUT2D eigenvalue weighted by molar-refractivity contribution is 0.0912. The lowest BCUT2D eigenvalue weighted by Crippen LogP contribution is -2.46. The normalized spacial score (nSPS) is 20.4. The number of rotatable bonds is 3. The van der Waals surface area contributed by atoms with Gasteiger partial charge < -0.3 is 15.6 Å². The molecule has 18 heavy (non-hydrogen) atoms. The number of hydrogen-bond acceptors (Lipinski definition) is 5. The molecule has 0 aromatic carbocycles. The third-order valence-electron chi connectivity index (χ3n) is 3.13. The lowest BCUT2D eigenvalue weighted by Gasteiger charge is -2.30. The van der Waals surface area contributed by atoms with Crippen LogP contribution >= 0.6 is 0 Å². The van der Waals surface area contributed by atoms with Gasteiger partial charge in [-0.05, 0) is 38.6 Å². The molecule has 0 saturated carbocycles. The zero-order valence-electron chi connectivity index (χ0n) is 10.5. The van der Waals surface area contributed by atoms with Gasteiger partial charge in [0.15, 0.2) is 0 Å². The molecule has 1 saturated heterocycles. The van der Waals surface area contributed by atoms with Crippen LogP contribution < -0.4 is 16.6 Å². The third kappa shape index (κ3) is 3.18. The van der Waals surface area contributed by atoms with Crippen molar-refractivity contribution in [1.29, 1.82) is 0 Å². The second-order valence-electron chi connectivity index (χ2n) is 4.65. The first-order chi connectivity index (χ1) is 8.69. The number of anilines is 1. The highest BCUT2D eigenvalue weighted by atomic mass is 16.1. The van der Waals surface area contributed by atoms with Gasteiger partial charge in [0.1, 0.15) is 5.82 Å². The van der Waals surface area contributed by atoms with Crippen molar-refractivity contribution in [2.75, 3.05) is 25.6 Å². The molecule has 6 heteroatoms. The number of amides is 1. The number of nitrogens with one attached hydrogen (secondary N) is 2. The molecule has 1 atom stereocenters. The molecule has 0 aliphatic carbocycles. The van der Waals surface area contributed by atoms with E-state index in [9.17, 15) is 4.79 Å². The summed E-state index contributed by atoms with van der Waals surface area (Å²) in [5, 5.41) is 3.03. The summed E-state index contributed by atoms with van der Waals surface area (Å²) in [6.07, 6.45) is 3.68. The molecule has 0 spiro atoms. The van der Waals surface area contributed by atoms with E-state index in [2.05, 4.69) is 27.7 Å². The van der Waals surface area contributed by atoms with Crippen LogP contribution in [0, 0.1) is 0 Å². The van der Waals surface area contributed by atoms with Crippen LogP contribution in [0.5, 0.6) is 0 Å². The number of carbonyl (C=O) groups is 1. The number of hydrogen-bond donors (Lipinski definition) is 3. The van der Waals surface area contributed by atoms with Gasteiger partial charge in [0.25, 0.3) is 5.91 Å². The molecule has 1 fully saturated rings. The van der Waals surface area contributed by atoms with E-state index in [0.29, 0.717) is 11.4 Å². The van der Waals surface area contributed by atoms with Crippen molar-refractivity contribution in [3.05, 3.63) is 23.9 Å². The molecule has 1 aliphatic heterocycles. The molecule has 2 heterocycles. The first-order valence-electron chi connectivity index (χ1n) is 6.11. The van der Waals surface area contributed by atoms with E-state index in [0.717, 1.165) is 25.9 Å². The highest BCUT2D eigenvalue weighted by Gasteiger charge is 2.19. The number of piperidine rings is 1. The van der Waals surface area contributed by atoms with Crippen molar-refractivity contribution in [3.8, 4) is 0 Å². The number of carbonyl (C=O) groups excluding carboxylic acids is 1. The first kappa shape index (κ1) is 12.8. The Morgan fingerprint density at radius 1 is 1.56 bits per heavy atom. The fourth-order valence-electron chi connectivity index (χ4n) is 2.17. The molecule has 1 aromatic heterocycles. The predicted octanol–water partition coefficient (Wildman–Crippen LogP) is 0.191. The number of likely N-dealkylation sites (tertiary alicyclic amines) is 1. The van der Waals surface area contributed by atoms with E-state index in [1.54, 1.807) is 12.1 Å². The van der Waals surface area contributed by atoms with Gasteiger partial charge in [-0.15, -0.1) is 0 Å². The topological polar surface area (TPSA) is 83.3 Å². The van der Waals surface area contributed by atoms with Crippen LogP contribution in [-0.2, 0) is 0 Å². The smallest absolute Gasteiger partial charge is 0.253 e. The number of likely N-dealkylation sites (N-methyl/N-ethyl adjacent to an activating group) is 1. The van der Waals surface area contributed by atoms with E-state index < -0.39 is 0 Å². The fraction of sp³-hybridized carbons (Fsp3) is 0.500. The number of nitrogens with zero attached hydrogens (tertiary/aromatic N) is 2. The first-order valence-corrected chi connectivity index (χ1v) is 6.11. The van der Waals surface area contributed by atoms with Crippen molar-refractivity contribution < 1.29 is 4.79 Å². The van der Waals surface area contributed by atoms with Gasteiger partial charge >= 0.3 is 0 Å². The van der Waals surface area contributed by atoms with Gasteiger partial charge in [-0.3, -0.25) is 4.79 Å². The van der Waals surface area contributed by atoms with Crippen LogP contribution in [-0.4, -0.2) is 42.0 Å². The average molecular weight is 249 g/mol. The van der Waals surface area contributed by atoms with Crippen LogP contribution in [0.3, 0.4) is 0 Å². The van der Waals surface area contributed by atoms with E-state index in [1.165, 1.54) is 6.20 Å². The van der Waals surface area contributed by atoms with Gasteiger partial charge in [0.2, 0.25) is 0 Å². The number of nitrogen functional groups attached to an aromatic ring is 1. The number of nitrogens with two attached hydrogens (primary N) is 1. The molecule has 6 nitrogen and oxygen atoms in total. The van der Waals surface area contributed by atoms with Crippen LogP contribution in [0.2, 0.25) is 0 Å². The van der Waals surface area contributed by atoms with E-state index in [4.69, 9.17) is 5.84 Å². The number of pyridine rings is 1. The van der Waals surface area contributed by atoms with Gasteiger partial charge in [0, 0.05) is 18.8 Å². The van der Waals surface area contributed by atoms with E-state index >= 15 is 0 Å². The zero-order chi connectivity index (χ0) is 13.0. The maximum atomic E-state index is 12.0. The van der Waals surface area contributed by atoms with Crippen molar-refractivity contribution in [2.24, 2.45) is 5.84 Å². The maximum Gasteiger partial charge on any atom is 0.253 e. The largest absolute Gasteiger partial charge is 0.348 e. The average Bonchev–Trinajstić information content (AvgIpc) is 2.39. The minimum atomic E-state index is -0.0774. The second kappa shape index (κ2) is 5.79. The number of aromatic nitrogens is 1. The van der Waals surface area contributed by atoms with Gasteiger partial charge in [0.05, 0.1) is 5.56 Å². The molecular weight excluding hydrogens is 230 g/mol. The maximum absolute atomic E-state index is 12.0. The molecule has 0 radical (unpaired) electrons. The van der Waals surface area contributed by atoms with Gasteiger partial charge in [-0.25, -0.2) is 10.8 Å². The standard InChI is InChI=1S/C12H19N5O/c1-17-6-2-3-10(8-17)15-12(18)9-4-5-11(16-13)14-7-9/h4-5,7,10H,2-3,6,8,13H2,1H3,(H,14,16)(H,15,18). The summed E-state index contributed by atoms with van der Waals surface area (Å²) in [6, 6.07) is 3.62. The Kier molecular flexibility index (Phi) is 4.11. The molecule has 2 rings (SSSR count). The molecule has 4 N–H and O–H groups in total. The summed E-state index contributed by atoms with van der Waals surface area (Å²) in [4.78, 5) is 18.2. The summed E-state index contributed by atoms with van der Waals surface area (Å²) in [5.74, 6) is 5.69. The van der Waals surface area contributed by atoms with Crippen molar-refractivity contribution >= 4 is 11.7 Å². The molecule has 1 aromatic rings. The van der Waals surface area contributed by atoms with E-state index in [-0.39, 0.29) is 11.9 Å². The Bertz CT molecular complexity index is 405. The van der Waals surface area contributed by atoms with Crippen LogP contribution in [0.15, 0.2) is 18.3 Å². The monoisotopic (exact) mass is 249 g/mol. The van der Waals surface area contributed by atoms with Crippen molar-refractivity contribution in [3.63, 3.8) is 0 Å². The summed E-state index contributed by atoms with van der Waals surface area (Å²) in [5.41, 5.74) is 2.99. The fourth-order valence-corrected chi connectivity index (χ4v) is 2.17. The summed E-state index contributed by atoms with van der Waals surface area (Å²) in [7, 11) is 2.07. The minimum Gasteiger partial charge on any atom is -0.348 e. The quantitative estimate of drug-likeness (QED) is 0.526. The SMILES string of the molecule is CN1CCCC(NC(=O)c2ccc(NN)nc2)C1. The lowest BCUT2D eigenvalue weighted by atomic mass is 10.1. The Balaban J connectivity index is 1.94. The van der Waals surface area contributed by atoms with E-state index in [1.807, 2.05) is 0 Å². The zero-order valence-corrected chi connectivity index (χ0v) is 10.5.